The summed E-state index contributed by atoms with van der Waals surface area (Å²) >= 11 is 0. The van der Waals surface area contributed by atoms with E-state index in [0.29, 0.717) is 25.2 Å². The highest BCUT2D eigenvalue weighted by atomic mass is 28.4. The summed E-state index contributed by atoms with van der Waals surface area (Å²) in [6.45, 7) is 19.6. The molecule has 0 amide bonds. The van der Waals surface area contributed by atoms with Gasteiger partial charge in [-0.2, -0.15) is 0 Å². The summed E-state index contributed by atoms with van der Waals surface area (Å²) in [5, 5.41) is 10.9. The van der Waals surface area contributed by atoms with Crippen molar-refractivity contribution in [3.63, 3.8) is 0 Å². The van der Waals surface area contributed by atoms with Crippen molar-refractivity contribution in [3.8, 4) is 0 Å². The number of rotatable bonds is 14. The summed E-state index contributed by atoms with van der Waals surface area (Å²) in [6, 6.07) is 9.93. The lowest BCUT2D eigenvalue weighted by Crippen LogP contribution is -2.43. The van der Waals surface area contributed by atoms with Gasteiger partial charge in [0.05, 0.1) is 25.4 Å². The quantitative estimate of drug-likeness (QED) is 0.130. The fraction of sp³-hybridized carbons (Fsp3) is 0.621. The molecule has 5 nitrogen and oxygen atoms in total. The Bertz CT molecular complexity index is 810. The van der Waals surface area contributed by atoms with E-state index in [1.165, 1.54) is 0 Å². The molecule has 0 saturated heterocycles. The fourth-order valence-electron chi connectivity index (χ4n) is 3.39. The lowest BCUT2D eigenvalue weighted by molar-refractivity contribution is -0.138. The van der Waals surface area contributed by atoms with E-state index in [4.69, 9.17) is 13.9 Å². The number of carbonyl (C=O) groups is 1. The van der Waals surface area contributed by atoms with Crippen LogP contribution in [0.4, 0.5) is 0 Å². The first kappa shape index (κ1) is 31.3. The van der Waals surface area contributed by atoms with Crippen LogP contribution in [0.15, 0.2) is 54.1 Å². The molecule has 0 bridgehead atoms. The topological polar surface area (TPSA) is 65.0 Å². The van der Waals surface area contributed by atoms with E-state index in [2.05, 4.69) is 40.8 Å². The van der Waals surface area contributed by atoms with E-state index in [-0.39, 0.29) is 29.1 Å². The van der Waals surface area contributed by atoms with Gasteiger partial charge in [0.2, 0.25) is 0 Å². The van der Waals surface area contributed by atoms with Gasteiger partial charge in [-0.05, 0) is 69.3 Å². The summed E-state index contributed by atoms with van der Waals surface area (Å²) in [5.74, 6) is -0.403. The molecule has 1 N–H and O–H groups in total. The minimum atomic E-state index is -1.81. The predicted octanol–water partition coefficient (Wildman–Crippen LogP) is 6.82. The van der Waals surface area contributed by atoms with Crippen LogP contribution in [0.1, 0.15) is 66.9 Å². The Morgan fingerprint density at radius 1 is 1.14 bits per heavy atom. The summed E-state index contributed by atoms with van der Waals surface area (Å²) in [6.07, 6.45) is 6.17. The third-order valence-corrected chi connectivity index (χ3v) is 11.2. The first-order valence-corrected chi connectivity index (χ1v) is 15.7. The van der Waals surface area contributed by atoms with Crippen LogP contribution in [-0.4, -0.2) is 44.3 Å². The van der Waals surface area contributed by atoms with Crippen molar-refractivity contribution in [1.29, 1.82) is 0 Å². The van der Waals surface area contributed by atoms with E-state index in [0.717, 1.165) is 12.0 Å². The van der Waals surface area contributed by atoms with E-state index in [9.17, 15) is 9.90 Å². The van der Waals surface area contributed by atoms with Crippen LogP contribution in [0, 0.1) is 5.92 Å². The molecule has 0 aliphatic heterocycles. The third-order valence-electron chi connectivity index (χ3n) is 6.63. The van der Waals surface area contributed by atoms with Gasteiger partial charge in [-0.1, -0.05) is 70.2 Å². The summed E-state index contributed by atoms with van der Waals surface area (Å²) in [7, 11) is -1.81. The number of hydrogen-bond acceptors (Lipinski definition) is 5. The number of aliphatic hydroxyl groups is 1. The number of benzene rings is 1. The molecule has 35 heavy (non-hydrogen) atoms. The third kappa shape index (κ3) is 11.7. The standard InChI is InChI=1S/C29H48O5Si/c1-10-32-28(31)23(3)20-26(33-21-25-16-12-11-13-17-25)19-22(2)27(30)18-14-15-24(4)34-35(8,9)29(5,6)7/h11-14,16-18,20,22,24,26-27,30H,10,15,19,21H2,1-9H3/b18-14+,23-20+/t22-,24?,26+,27?/m0/s1. The van der Waals surface area contributed by atoms with Crippen molar-refractivity contribution in [1.82, 2.24) is 0 Å². The molecule has 0 saturated carbocycles. The molecule has 0 aliphatic carbocycles. The zero-order chi connectivity index (χ0) is 26.6. The van der Waals surface area contributed by atoms with Crippen molar-refractivity contribution in [2.75, 3.05) is 6.61 Å². The molecule has 2 unspecified atom stereocenters. The van der Waals surface area contributed by atoms with Crippen LogP contribution in [0.5, 0.6) is 0 Å². The van der Waals surface area contributed by atoms with Crippen LogP contribution in [0.3, 0.4) is 0 Å². The maximum absolute atomic E-state index is 12.1. The largest absolute Gasteiger partial charge is 0.463 e. The smallest absolute Gasteiger partial charge is 0.333 e. The first-order valence-electron chi connectivity index (χ1n) is 12.8. The Balaban J connectivity index is 2.76. The molecule has 1 rings (SSSR count). The van der Waals surface area contributed by atoms with Crippen molar-refractivity contribution in [2.24, 2.45) is 5.92 Å². The molecular formula is C29H48O5Si. The number of ether oxygens (including phenoxy) is 2. The van der Waals surface area contributed by atoms with Crippen molar-refractivity contribution in [2.45, 2.75) is 104 Å². The van der Waals surface area contributed by atoms with Gasteiger partial charge in [0, 0.05) is 11.7 Å². The van der Waals surface area contributed by atoms with Gasteiger partial charge in [-0.15, -0.1) is 0 Å². The molecule has 6 heteroatoms. The monoisotopic (exact) mass is 504 g/mol. The Kier molecular flexibility index (Phi) is 13.2. The maximum Gasteiger partial charge on any atom is 0.333 e. The normalized spacial score (nSPS) is 16.7. The van der Waals surface area contributed by atoms with E-state index in [1.54, 1.807) is 13.8 Å². The summed E-state index contributed by atoms with van der Waals surface area (Å²) < 4.78 is 17.7. The summed E-state index contributed by atoms with van der Waals surface area (Å²) in [5.41, 5.74) is 1.57. The Morgan fingerprint density at radius 3 is 2.34 bits per heavy atom. The van der Waals surface area contributed by atoms with Crippen molar-refractivity contribution < 1.29 is 23.8 Å². The first-order chi connectivity index (χ1) is 16.3. The van der Waals surface area contributed by atoms with E-state index in [1.807, 2.05) is 55.5 Å². The molecule has 0 spiro atoms. The van der Waals surface area contributed by atoms with Crippen LogP contribution < -0.4 is 0 Å². The van der Waals surface area contributed by atoms with Gasteiger partial charge >= 0.3 is 5.97 Å². The SMILES string of the molecule is CCOC(=O)/C(C)=C/[C@@H](C[C@H](C)C(O)/C=C/CC(C)O[Si](C)(C)C(C)(C)C)OCc1ccccc1. The van der Waals surface area contributed by atoms with Crippen LogP contribution in [-0.2, 0) is 25.3 Å². The fourth-order valence-corrected chi connectivity index (χ4v) is 4.84. The molecule has 1 aromatic rings. The zero-order valence-electron chi connectivity index (χ0n) is 23.3. The molecule has 0 aliphatic rings. The Labute approximate surface area is 214 Å². The second-order valence-corrected chi connectivity index (χ2v) is 15.7. The molecule has 4 atom stereocenters. The van der Waals surface area contributed by atoms with Crippen molar-refractivity contribution in [3.05, 3.63) is 59.7 Å². The van der Waals surface area contributed by atoms with Gasteiger partial charge in [0.25, 0.3) is 0 Å². The maximum atomic E-state index is 12.1. The average molecular weight is 505 g/mol. The second kappa shape index (κ2) is 14.7. The lowest BCUT2D eigenvalue weighted by Gasteiger charge is -2.38. The predicted molar refractivity (Wildman–Crippen MR) is 147 cm³/mol. The number of aliphatic hydroxyl groups excluding tert-OH is 1. The van der Waals surface area contributed by atoms with Crippen molar-refractivity contribution >= 4 is 14.3 Å². The molecule has 0 radical (unpaired) electrons. The van der Waals surface area contributed by atoms with E-state index >= 15 is 0 Å². The minimum Gasteiger partial charge on any atom is -0.463 e. The number of hydrogen-bond donors (Lipinski definition) is 1. The van der Waals surface area contributed by atoms with Crippen LogP contribution in [0.2, 0.25) is 18.1 Å². The van der Waals surface area contributed by atoms with Crippen LogP contribution >= 0.6 is 0 Å². The molecule has 0 heterocycles. The summed E-state index contributed by atoms with van der Waals surface area (Å²) in [4.78, 5) is 12.1. The number of carbonyl (C=O) groups excluding carboxylic acids is 1. The van der Waals surface area contributed by atoms with Gasteiger partial charge in [0.1, 0.15) is 0 Å². The lowest BCUT2D eigenvalue weighted by atomic mass is 9.95. The van der Waals surface area contributed by atoms with Crippen LogP contribution in [0.25, 0.3) is 0 Å². The minimum absolute atomic E-state index is 0.0603. The van der Waals surface area contributed by atoms with Gasteiger partial charge in [-0.3, -0.25) is 0 Å². The Morgan fingerprint density at radius 2 is 1.77 bits per heavy atom. The Hall–Kier alpha value is -1.73. The molecule has 1 aromatic carbocycles. The highest BCUT2D eigenvalue weighted by Crippen LogP contribution is 2.37. The van der Waals surface area contributed by atoms with E-state index < -0.39 is 14.4 Å². The van der Waals surface area contributed by atoms with Gasteiger partial charge in [0.15, 0.2) is 8.32 Å². The van der Waals surface area contributed by atoms with Gasteiger partial charge in [-0.25, -0.2) is 4.79 Å². The average Bonchev–Trinajstić information content (AvgIpc) is 2.77. The zero-order valence-corrected chi connectivity index (χ0v) is 24.3. The molecule has 198 valence electrons. The second-order valence-electron chi connectivity index (χ2n) is 11.0. The highest BCUT2D eigenvalue weighted by molar-refractivity contribution is 6.74. The molecule has 0 aromatic heterocycles. The highest BCUT2D eigenvalue weighted by Gasteiger charge is 2.38. The van der Waals surface area contributed by atoms with Gasteiger partial charge < -0.3 is 19.0 Å². The molecule has 0 fully saturated rings. The molecular weight excluding hydrogens is 456 g/mol. The number of esters is 1.